The van der Waals surface area contributed by atoms with Gasteiger partial charge in [0, 0.05) is 40.1 Å². The first-order chi connectivity index (χ1) is 18.9. The average Bonchev–Trinajstić information content (AvgIpc) is 3.47. The van der Waals surface area contributed by atoms with Gasteiger partial charge in [-0.05, 0) is 38.0 Å². The van der Waals surface area contributed by atoms with Crippen molar-refractivity contribution in [1.82, 2.24) is 29.4 Å². The summed E-state index contributed by atoms with van der Waals surface area (Å²) in [5, 5.41) is 9.27. The predicted molar refractivity (Wildman–Crippen MR) is 115 cm³/mol. The van der Waals surface area contributed by atoms with Crippen molar-refractivity contribution >= 4 is 5.91 Å². The highest BCUT2D eigenvalue weighted by Crippen LogP contribution is 2.32. The molecule has 0 bridgehead atoms. The molecule has 184 valence electrons. The number of hydrogen-bond donors (Lipinski definition) is 2. The zero-order valence-corrected chi connectivity index (χ0v) is 17.8. The van der Waals surface area contributed by atoms with Gasteiger partial charge < -0.3 is 15.6 Å². The van der Waals surface area contributed by atoms with Crippen LogP contribution in [0.5, 0.6) is 0 Å². The molecular formula is C21H25F4N7O2. The van der Waals surface area contributed by atoms with Crippen LogP contribution in [0.4, 0.5) is 17.6 Å². The number of nitrogens with two attached hydrogens (primary N) is 1. The van der Waals surface area contributed by atoms with E-state index in [4.69, 9.17) is 16.7 Å². The number of nitrogens with zero attached hydrogens (tertiary/aromatic N) is 5. The molecule has 0 radical (unpaired) electrons. The Balaban J connectivity index is 2.02. The maximum atomic E-state index is 14.4. The second-order valence-electron chi connectivity index (χ2n) is 7.91. The van der Waals surface area contributed by atoms with E-state index in [1.165, 1.54) is 0 Å². The zero-order valence-electron chi connectivity index (χ0n) is 25.8. The highest BCUT2D eigenvalue weighted by atomic mass is 19.4. The molecule has 0 saturated heterocycles. The highest BCUT2D eigenvalue weighted by Gasteiger charge is 2.36. The van der Waals surface area contributed by atoms with Crippen LogP contribution in [0.25, 0.3) is 11.3 Å². The van der Waals surface area contributed by atoms with Crippen LogP contribution < -0.4 is 16.6 Å². The summed E-state index contributed by atoms with van der Waals surface area (Å²) in [6.45, 7) is -6.63. The lowest BCUT2D eigenvalue weighted by Crippen LogP contribution is -2.53. The lowest BCUT2D eigenvalue weighted by molar-refractivity contribution is -0.141. The van der Waals surface area contributed by atoms with Crippen LogP contribution in [0.1, 0.15) is 36.1 Å². The lowest BCUT2D eigenvalue weighted by atomic mass is 10.0. The van der Waals surface area contributed by atoms with Gasteiger partial charge in [0.05, 0.1) is 32.7 Å². The molecule has 3 heterocycles. The van der Waals surface area contributed by atoms with E-state index in [1.54, 1.807) is 0 Å². The Morgan fingerprint density at radius 2 is 2.03 bits per heavy atom. The number of carbonyl (C=O) groups is 1. The van der Waals surface area contributed by atoms with E-state index in [0.29, 0.717) is 23.0 Å². The molecule has 9 nitrogen and oxygen atoms in total. The summed E-state index contributed by atoms with van der Waals surface area (Å²) in [6, 6.07) is -0.600. The number of carbonyl (C=O) groups excluding carboxylic acids is 1. The number of pyridine rings is 1. The van der Waals surface area contributed by atoms with Crippen molar-refractivity contribution in [3.63, 3.8) is 0 Å². The predicted octanol–water partition coefficient (Wildman–Crippen LogP) is 1.60. The van der Waals surface area contributed by atoms with Crippen molar-refractivity contribution in [2.45, 2.75) is 44.5 Å². The third-order valence-electron chi connectivity index (χ3n) is 4.52. The van der Waals surface area contributed by atoms with Crippen LogP contribution >= 0.6 is 0 Å². The fraction of sp³-hybridized carbons (Fsp3) is 0.429. The molecule has 34 heavy (non-hydrogen) atoms. The molecule has 3 N–H and O–H groups in total. The molecule has 0 aliphatic carbocycles. The number of hydrogen-bond acceptors (Lipinski definition) is 5. The minimum Gasteiger partial charge on any atom is -0.348 e. The third-order valence-corrected chi connectivity index (χ3v) is 4.52. The van der Waals surface area contributed by atoms with Gasteiger partial charge in [0.2, 0.25) is 5.91 Å². The molecule has 0 saturated carbocycles. The largest absolute Gasteiger partial charge is 0.435 e. The van der Waals surface area contributed by atoms with Gasteiger partial charge in [0.15, 0.2) is 11.5 Å². The zero-order chi connectivity index (χ0) is 32.2. The molecule has 0 unspecified atom stereocenters. The molecule has 3 aromatic rings. The number of aromatic nitrogens is 5. The second-order valence-corrected chi connectivity index (χ2v) is 7.91. The van der Waals surface area contributed by atoms with Crippen molar-refractivity contribution in [1.29, 1.82) is 0 Å². The van der Waals surface area contributed by atoms with E-state index in [1.807, 2.05) is 0 Å². The quantitative estimate of drug-likeness (QED) is 0.488. The number of halogens is 4. The second kappa shape index (κ2) is 9.05. The molecule has 0 aliphatic rings. The topological polar surface area (TPSA) is 113 Å². The first-order valence-electron chi connectivity index (χ1n) is 13.6. The lowest BCUT2D eigenvalue weighted by Gasteiger charge is -2.28. The fourth-order valence-corrected chi connectivity index (χ4v) is 3.00. The van der Waals surface area contributed by atoms with E-state index >= 15 is 0 Å². The number of rotatable bonds is 7. The summed E-state index contributed by atoms with van der Waals surface area (Å²) >= 11 is 0. The number of alkyl halides is 3. The van der Waals surface area contributed by atoms with E-state index in [0.717, 1.165) is 26.2 Å². The maximum absolute atomic E-state index is 14.4. The van der Waals surface area contributed by atoms with E-state index < -0.39 is 72.4 Å². The maximum Gasteiger partial charge on any atom is 0.435 e. The van der Waals surface area contributed by atoms with Crippen LogP contribution in [0.2, 0.25) is 0 Å². The van der Waals surface area contributed by atoms with Crippen molar-refractivity contribution in [2.75, 3.05) is 0 Å². The Morgan fingerprint density at radius 1 is 1.29 bits per heavy atom. The molecule has 3 aromatic heterocycles. The van der Waals surface area contributed by atoms with Gasteiger partial charge >= 0.3 is 6.18 Å². The van der Waals surface area contributed by atoms with Crippen LogP contribution in [-0.4, -0.2) is 41.6 Å². The summed E-state index contributed by atoms with van der Waals surface area (Å²) in [7, 11) is 0. The minimum atomic E-state index is -5.12. The summed E-state index contributed by atoms with van der Waals surface area (Å²) < 4.78 is 118. The number of amides is 1. The molecule has 1 atom stereocenters. The van der Waals surface area contributed by atoms with Gasteiger partial charge in [-0.1, -0.05) is 0 Å². The smallest absolute Gasteiger partial charge is 0.348 e. The minimum absolute atomic E-state index is 0.0296. The van der Waals surface area contributed by atoms with Gasteiger partial charge in [0.25, 0.3) is 5.56 Å². The van der Waals surface area contributed by atoms with Crippen molar-refractivity contribution < 1.29 is 33.3 Å². The Kier molecular flexibility index (Phi) is 4.31. The van der Waals surface area contributed by atoms with Crippen LogP contribution in [0, 0.1) is 5.82 Å². The van der Waals surface area contributed by atoms with Gasteiger partial charge in [-0.15, -0.1) is 0 Å². The van der Waals surface area contributed by atoms with Crippen LogP contribution in [0.3, 0.4) is 0 Å². The van der Waals surface area contributed by atoms with Gasteiger partial charge in [-0.3, -0.25) is 19.0 Å². The third kappa shape index (κ3) is 5.71. The SMILES string of the molecule is [2H]C([2H])([2H])n1cc(C[C@@H](N)C(=O)NC(C)(C)C([2H])([2H])n2nc(C(F)(F)F)cc2-c2cc(F)c(=O)n(C([2H])([2H])[2H])c2)cn1. The summed E-state index contributed by atoms with van der Waals surface area (Å²) in [4.78, 5) is 24.9. The summed E-state index contributed by atoms with van der Waals surface area (Å²) in [5.41, 5.74) is -0.503. The van der Waals surface area contributed by atoms with Crippen molar-refractivity contribution in [2.24, 2.45) is 19.7 Å². The van der Waals surface area contributed by atoms with Gasteiger partial charge in [-0.25, -0.2) is 4.39 Å². The van der Waals surface area contributed by atoms with Crippen molar-refractivity contribution in [3.8, 4) is 11.3 Å². The van der Waals surface area contributed by atoms with Gasteiger partial charge in [0.1, 0.15) is 0 Å². The molecule has 1 amide bonds. The van der Waals surface area contributed by atoms with Crippen LogP contribution in [0.15, 0.2) is 35.5 Å². The van der Waals surface area contributed by atoms with Gasteiger partial charge in [-0.2, -0.15) is 23.4 Å². The average molecular weight is 492 g/mol. The molecule has 0 aliphatic heterocycles. The molecular weight excluding hydrogens is 458 g/mol. The first-order valence-corrected chi connectivity index (χ1v) is 9.58. The Labute approximate surface area is 203 Å². The van der Waals surface area contributed by atoms with E-state index in [9.17, 15) is 27.2 Å². The van der Waals surface area contributed by atoms with Crippen LogP contribution in [-0.2, 0) is 37.8 Å². The summed E-state index contributed by atoms with van der Waals surface area (Å²) in [5.74, 6) is -2.61. The van der Waals surface area contributed by atoms with E-state index in [-0.39, 0.29) is 21.2 Å². The van der Waals surface area contributed by atoms with Crippen molar-refractivity contribution in [3.05, 3.63) is 58.2 Å². The Bertz CT molecular complexity index is 1540. The standard InChI is InChI=1S/C21H25F4N7O2/c1-20(2,28-18(33)15(26)5-12-8-27-31(4)9-12)11-32-16(7-17(29-32)21(23,24)25)13-6-14(22)19(34)30(3)10-13/h6-10,15H,5,11,26H2,1-4H3,(H,28,33)/t15-/m1/s1/i3D3,4D3,11D2. The molecule has 0 spiro atoms. The molecule has 13 heteroatoms. The first kappa shape index (κ1) is 16.2. The number of aryl methyl sites for hydroxylation is 2. The highest BCUT2D eigenvalue weighted by molar-refractivity contribution is 5.82. The Morgan fingerprint density at radius 3 is 2.65 bits per heavy atom. The van der Waals surface area contributed by atoms with E-state index in [2.05, 4.69) is 15.5 Å². The molecule has 0 aromatic carbocycles. The number of nitrogens with one attached hydrogen (secondary N) is 1. The Hall–Kier alpha value is -3.48. The summed E-state index contributed by atoms with van der Waals surface area (Å²) in [6.07, 6.45) is -2.51. The fourth-order valence-electron chi connectivity index (χ4n) is 3.00. The normalized spacial score (nSPS) is 17.9. The molecule has 0 fully saturated rings. The monoisotopic (exact) mass is 491 g/mol. The molecule has 3 rings (SSSR count).